The van der Waals surface area contributed by atoms with Crippen LogP contribution in [0.4, 0.5) is 30.7 Å². The third-order valence-corrected chi connectivity index (χ3v) is 5.29. The normalized spacial score (nSPS) is 16.0. The van der Waals surface area contributed by atoms with Gasteiger partial charge in [-0.3, -0.25) is 4.79 Å². The van der Waals surface area contributed by atoms with Crippen molar-refractivity contribution in [1.29, 1.82) is 0 Å². The number of carbonyl (C=O) groups is 1. The van der Waals surface area contributed by atoms with Gasteiger partial charge in [-0.1, -0.05) is 12.1 Å². The van der Waals surface area contributed by atoms with Crippen molar-refractivity contribution in [3.05, 3.63) is 70.5 Å². The van der Waals surface area contributed by atoms with Crippen LogP contribution in [0, 0.1) is 5.82 Å². The van der Waals surface area contributed by atoms with Crippen LogP contribution in [-0.2, 0) is 29.1 Å². The number of hydrogen-bond acceptors (Lipinski definition) is 3. The summed E-state index contributed by atoms with van der Waals surface area (Å²) in [5.41, 5.74) is -2.80. The molecule has 1 saturated heterocycles. The zero-order valence-corrected chi connectivity index (χ0v) is 17.6. The lowest BCUT2D eigenvalue weighted by molar-refractivity contribution is -0.145. The second kappa shape index (κ2) is 10.5. The molecule has 0 aliphatic carbocycles. The molecule has 182 valence electrons. The van der Waals surface area contributed by atoms with Gasteiger partial charge in [0.25, 0.3) is 0 Å². The highest BCUT2D eigenvalue weighted by Gasteiger charge is 2.41. The SMILES string of the molecule is CNCc1cc(C(F)(F)F)cc(C(F)(F)F)c1.O=C(O)C1(c2ccc(F)cc2)CCNCC1. The average Bonchev–Trinajstić information content (AvgIpc) is 2.74. The molecule has 1 fully saturated rings. The van der Waals surface area contributed by atoms with Gasteiger partial charge in [0.2, 0.25) is 0 Å². The van der Waals surface area contributed by atoms with E-state index in [4.69, 9.17) is 0 Å². The summed E-state index contributed by atoms with van der Waals surface area (Å²) in [4.78, 5) is 11.4. The lowest BCUT2D eigenvalue weighted by Gasteiger charge is -2.34. The summed E-state index contributed by atoms with van der Waals surface area (Å²) >= 11 is 0. The van der Waals surface area contributed by atoms with Crippen LogP contribution in [0.2, 0.25) is 0 Å². The Bertz CT molecular complexity index is 903. The van der Waals surface area contributed by atoms with E-state index >= 15 is 0 Å². The van der Waals surface area contributed by atoms with Crippen molar-refractivity contribution in [2.24, 2.45) is 0 Å². The fourth-order valence-electron chi connectivity index (χ4n) is 3.57. The van der Waals surface area contributed by atoms with E-state index in [1.54, 1.807) is 12.1 Å². The van der Waals surface area contributed by atoms with E-state index in [1.807, 2.05) is 0 Å². The largest absolute Gasteiger partial charge is 0.481 e. The van der Waals surface area contributed by atoms with E-state index < -0.39 is 34.9 Å². The number of carboxylic acid groups (broad SMARTS) is 1. The van der Waals surface area contributed by atoms with Crippen molar-refractivity contribution in [3.63, 3.8) is 0 Å². The van der Waals surface area contributed by atoms with Crippen molar-refractivity contribution in [3.8, 4) is 0 Å². The second-order valence-corrected chi connectivity index (χ2v) is 7.59. The summed E-state index contributed by atoms with van der Waals surface area (Å²) in [5.74, 6) is -1.15. The molecule has 3 rings (SSSR count). The Labute approximate surface area is 185 Å². The molecule has 0 bridgehead atoms. The molecule has 0 amide bonds. The van der Waals surface area contributed by atoms with Crippen molar-refractivity contribution in [2.45, 2.75) is 37.2 Å². The minimum absolute atomic E-state index is 0.0605. The second-order valence-electron chi connectivity index (χ2n) is 7.59. The zero-order chi connectivity index (χ0) is 24.9. The van der Waals surface area contributed by atoms with Gasteiger partial charge in [-0.25, -0.2) is 4.39 Å². The first-order valence-electron chi connectivity index (χ1n) is 9.93. The van der Waals surface area contributed by atoms with Crippen LogP contribution in [0.3, 0.4) is 0 Å². The Balaban J connectivity index is 0.000000234. The number of benzene rings is 2. The van der Waals surface area contributed by atoms with Gasteiger partial charge in [0, 0.05) is 6.54 Å². The fraction of sp³-hybridized carbons (Fsp3) is 0.409. The van der Waals surface area contributed by atoms with Gasteiger partial charge in [0.05, 0.1) is 16.5 Å². The van der Waals surface area contributed by atoms with Crippen LogP contribution in [0.5, 0.6) is 0 Å². The molecule has 0 spiro atoms. The molecule has 2 aromatic carbocycles. The van der Waals surface area contributed by atoms with Gasteiger partial charge in [-0.15, -0.1) is 0 Å². The third-order valence-electron chi connectivity index (χ3n) is 5.29. The summed E-state index contributed by atoms with van der Waals surface area (Å²) in [6.07, 6.45) is -8.48. The summed E-state index contributed by atoms with van der Waals surface area (Å²) in [7, 11) is 1.44. The van der Waals surface area contributed by atoms with E-state index in [9.17, 15) is 40.6 Å². The average molecular weight is 480 g/mol. The Kier molecular flexibility index (Phi) is 8.47. The predicted molar refractivity (Wildman–Crippen MR) is 107 cm³/mol. The molecular formula is C22H23F7N2O2. The number of aliphatic carboxylic acids is 1. The monoisotopic (exact) mass is 480 g/mol. The maximum absolute atomic E-state index is 12.8. The lowest BCUT2D eigenvalue weighted by atomic mass is 9.73. The van der Waals surface area contributed by atoms with Crippen molar-refractivity contribution < 1.29 is 40.6 Å². The Morgan fingerprint density at radius 2 is 1.45 bits per heavy atom. The number of piperidine rings is 1. The van der Waals surface area contributed by atoms with Crippen LogP contribution < -0.4 is 10.6 Å². The molecule has 33 heavy (non-hydrogen) atoms. The van der Waals surface area contributed by atoms with E-state index in [0.29, 0.717) is 43.6 Å². The smallest absolute Gasteiger partial charge is 0.416 e. The maximum atomic E-state index is 12.8. The number of halogens is 7. The Morgan fingerprint density at radius 1 is 0.970 bits per heavy atom. The summed E-state index contributed by atoms with van der Waals surface area (Å²) in [6, 6.07) is 7.31. The Morgan fingerprint density at radius 3 is 1.85 bits per heavy atom. The quantitative estimate of drug-likeness (QED) is 0.541. The molecule has 2 aromatic rings. The van der Waals surface area contributed by atoms with Gasteiger partial charge in [-0.2, -0.15) is 26.3 Å². The number of rotatable bonds is 4. The first-order valence-corrected chi connectivity index (χ1v) is 9.93. The zero-order valence-electron chi connectivity index (χ0n) is 17.6. The van der Waals surface area contributed by atoms with Crippen molar-refractivity contribution in [1.82, 2.24) is 10.6 Å². The predicted octanol–water partition coefficient (Wildman–Crippen LogP) is 4.98. The van der Waals surface area contributed by atoms with Gasteiger partial charge in [-0.05, 0) is 74.4 Å². The summed E-state index contributed by atoms with van der Waals surface area (Å²) < 4.78 is 87.2. The molecule has 0 radical (unpaired) electrons. The molecule has 3 N–H and O–H groups in total. The molecule has 1 heterocycles. The molecule has 1 aliphatic rings. The topological polar surface area (TPSA) is 61.4 Å². The van der Waals surface area contributed by atoms with Gasteiger partial charge < -0.3 is 15.7 Å². The van der Waals surface area contributed by atoms with Crippen LogP contribution in [0.1, 0.15) is 35.1 Å². The molecule has 0 aromatic heterocycles. The first kappa shape index (κ1) is 26.6. The molecule has 4 nitrogen and oxygen atoms in total. The minimum atomic E-state index is -4.79. The highest BCUT2D eigenvalue weighted by molar-refractivity contribution is 5.81. The van der Waals surface area contributed by atoms with E-state index in [2.05, 4.69) is 10.6 Å². The summed E-state index contributed by atoms with van der Waals surface area (Å²) in [6.45, 7) is 1.31. The minimum Gasteiger partial charge on any atom is -0.481 e. The highest BCUT2D eigenvalue weighted by Crippen LogP contribution is 2.36. The number of nitrogens with one attached hydrogen (secondary N) is 2. The fourth-order valence-corrected chi connectivity index (χ4v) is 3.57. The molecule has 1 aliphatic heterocycles. The van der Waals surface area contributed by atoms with Crippen LogP contribution in [-0.4, -0.2) is 31.2 Å². The molecule has 0 saturated carbocycles. The van der Waals surface area contributed by atoms with Crippen molar-refractivity contribution >= 4 is 5.97 Å². The maximum Gasteiger partial charge on any atom is 0.416 e. The van der Waals surface area contributed by atoms with E-state index in [0.717, 1.165) is 0 Å². The van der Waals surface area contributed by atoms with E-state index in [1.165, 1.54) is 19.2 Å². The first-order chi connectivity index (χ1) is 15.3. The van der Waals surface area contributed by atoms with Crippen LogP contribution in [0.25, 0.3) is 0 Å². The van der Waals surface area contributed by atoms with Crippen molar-refractivity contribution in [2.75, 3.05) is 20.1 Å². The standard InChI is InChI=1S/C12H14FNO2.C10H9F6N/c13-10-3-1-9(2-4-10)12(11(15)16)5-7-14-8-6-12;1-17-5-6-2-7(9(11,12)13)4-8(3-6)10(14,15)16/h1-4,14H,5-8H2,(H,15,16);2-4,17H,5H2,1H3. The third kappa shape index (κ3) is 6.91. The molecular weight excluding hydrogens is 457 g/mol. The van der Waals surface area contributed by atoms with Gasteiger partial charge in [0.1, 0.15) is 5.82 Å². The Hall–Kier alpha value is -2.66. The lowest BCUT2D eigenvalue weighted by Crippen LogP contribution is -2.45. The number of alkyl halides is 6. The molecule has 11 heteroatoms. The highest BCUT2D eigenvalue weighted by atomic mass is 19.4. The van der Waals surface area contributed by atoms with Gasteiger partial charge >= 0.3 is 18.3 Å². The number of hydrogen-bond donors (Lipinski definition) is 3. The molecule has 0 atom stereocenters. The number of carboxylic acids is 1. The van der Waals surface area contributed by atoms with E-state index in [-0.39, 0.29) is 24.0 Å². The summed E-state index contributed by atoms with van der Waals surface area (Å²) in [5, 5.41) is 15.0. The van der Waals surface area contributed by atoms with Crippen LogP contribution >= 0.6 is 0 Å². The molecule has 0 unspecified atom stereocenters. The van der Waals surface area contributed by atoms with Gasteiger partial charge in [0.15, 0.2) is 0 Å². The van der Waals surface area contributed by atoms with Crippen LogP contribution in [0.15, 0.2) is 42.5 Å².